The molecule has 1 aromatic carbocycles. The van der Waals surface area contributed by atoms with Gasteiger partial charge in [-0.05, 0) is 62.2 Å². The summed E-state index contributed by atoms with van der Waals surface area (Å²) in [5.41, 5.74) is -1.02. The monoisotopic (exact) mass is 443 g/mol. The molecule has 21 heavy (non-hydrogen) atoms. The van der Waals surface area contributed by atoms with Crippen molar-refractivity contribution in [3.63, 3.8) is 0 Å². The van der Waals surface area contributed by atoms with Crippen molar-refractivity contribution in [1.82, 2.24) is 4.98 Å². The highest BCUT2D eigenvalue weighted by Crippen LogP contribution is 2.32. The van der Waals surface area contributed by atoms with Crippen LogP contribution < -0.4 is 0 Å². The Morgan fingerprint density at radius 3 is 2.05 bits per heavy atom. The average molecular weight is 445 g/mol. The quantitative estimate of drug-likeness (QED) is 0.642. The summed E-state index contributed by atoms with van der Waals surface area (Å²) in [6, 6.07) is 6.05. The molecule has 1 aromatic heterocycles. The number of nitrogens with zero attached hydrogens (tertiary/aromatic N) is 1. The van der Waals surface area contributed by atoms with Gasteiger partial charge in [-0.3, -0.25) is 0 Å². The van der Waals surface area contributed by atoms with E-state index in [9.17, 15) is 21.6 Å². The van der Waals surface area contributed by atoms with Crippen LogP contribution in [0.15, 0.2) is 55.4 Å². The minimum absolute atomic E-state index is 0.157. The number of benzene rings is 1. The van der Waals surface area contributed by atoms with E-state index in [1.165, 1.54) is 12.1 Å². The van der Waals surface area contributed by atoms with Gasteiger partial charge in [0.15, 0.2) is 0 Å². The molecule has 2 rings (SSSR count). The number of sulfone groups is 1. The minimum atomic E-state index is -4.61. The SMILES string of the molecule is O=S(=O)(c1cccc(C(F)(F)F)c1)c1cc(Br)nc(Br)c1. The van der Waals surface area contributed by atoms with Gasteiger partial charge < -0.3 is 0 Å². The van der Waals surface area contributed by atoms with Gasteiger partial charge in [-0.1, -0.05) is 6.07 Å². The van der Waals surface area contributed by atoms with Gasteiger partial charge >= 0.3 is 6.18 Å². The van der Waals surface area contributed by atoms with Crippen molar-refractivity contribution in [3.05, 3.63) is 51.2 Å². The molecule has 9 heteroatoms. The number of aromatic nitrogens is 1. The summed E-state index contributed by atoms with van der Waals surface area (Å²) >= 11 is 6.08. The van der Waals surface area contributed by atoms with Crippen LogP contribution in [-0.4, -0.2) is 13.4 Å². The molecule has 112 valence electrons. The first-order valence-corrected chi connectivity index (χ1v) is 8.43. The summed E-state index contributed by atoms with van der Waals surface area (Å²) in [4.78, 5) is 3.30. The van der Waals surface area contributed by atoms with E-state index in [1.54, 1.807) is 0 Å². The Bertz CT molecular complexity index is 771. The van der Waals surface area contributed by atoms with E-state index in [2.05, 4.69) is 36.8 Å². The fourth-order valence-corrected chi connectivity index (χ4v) is 4.34. The molecule has 0 saturated carbocycles. The third kappa shape index (κ3) is 3.64. The molecule has 0 fully saturated rings. The summed E-state index contributed by atoms with van der Waals surface area (Å²) in [5, 5.41) is 0. The topological polar surface area (TPSA) is 47.0 Å². The third-order valence-corrected chi connectivity index (χ3v) is 5.06. The molecule has 0 aliphatic heterocycles. The van der Waals surface area contributed by atoms with Crippen molar-refractivity contribution in [1.29, 1.82) is 0 Å². The van der Waals surface area contributed by atoms with E-state index >= 15 is 0 Å². The van der Waals surface area contributed by atoms with Gasteiger partial charge in [-0.15, -0.1) is 0 Å². The molecule has 0 amide bonds. The molecule has 0 atom stereocenters. The van der Waals surface area contributed by atoms with E-state index in [0.717, 1.165) is 18.2 Å². The van der Waals surface area contributed by atoms with Crippen LogP contribution in [0, 0.1) is 0 Å². The number of halogens is 5. The Labute approximate surface area is 135 Å². The summed E-state index contributed by atoms with van der Waals surface area (Å²) < 4.78 is 63.3. The van der Waals surface area contributed by atoms with Crippen molar-refractivity contribution in [3.8, 4) is 0 Å². The van der Waals surface area contributed by atoms with Crippen LogP contribution >= 0.6 is 31.9 Å². The number of hydrogen-bond donors (Lipinski definition) is 0. The van der Waals surface area contributed by atoms with Gasteiger partial charge in [0, 0.05) is 0 Å². The highest BCUT2D eigenvalue weighted by Gasteiger charge is 2.32. The van der Waals surface area contributed by atoms with Crippen LogP contribution in [-0.2, 0) is 16.0 Å². The second-order valence-electron chi connectivity index (χ2n) is 3.98. The van der Waals surface area contributed by atoms with Gasteiger partial charge in [0.25, 0.3) is 0 Å². The lowest BCUT2D eigenvalue weighted by Crippen LogP contribution is -2.08. The second kappa shape index (κ2) is 5.69. The molecule has 1 heterocycles. The first-order valence-electron chi connectivity index (χ1n) is 5.36. The first kappa shape index (κ1) is 16.4. The fraction of sp³-hybridized carbons (Fsp3) is 0.0833. The molecule has 0 spiro atoms. The van der Waals surface area contributed by atoms with E-state index < -0.39 is 26.5 Å². The van der Waals surface area contributed by atoms with Crippen LogP contribution in [0.3, 0.4) is 0 Å². The molecular weight excluding hydrogens is 439 g/mol. The van der Waals surface area contributed by atoms with Gasteiger partial charge in [0.05, 0.1) is 15.4 Å². The highest BCUT2D eigenvalue weighted by atomic mass is 79.9. The third-order valence-electron chi connectivity index (χ3n) is 2.52. The molecule has 0 aliphatic carbocycles. The average Bonchev–Trinajstić information content (AvgIpc) is 2.36. The Morgan fingerprint density at radius 2 is 1.52 bits per heavy atom. The molecule has 0 unspecified atom stereocenters. The molecule has 0 saturated heterocycles. The fourth-order valence-electron chi connectivity index (χ4n) is 1.57. The Kier molecular flexibility index (Phi) is 4.46. The minimum Gasteiger partial charge on any atom is -0.234 e. The molecule has 0 N–H and O–H groups in total. The van der Waals surface area contributed by atoms with Crippen LogP contribution in [0.4, 0.5) is 13.2 Å². The molecule has 0 radical (unpaired) electrons. The van der Waals surface area contributed by atoms with E-state index in [0.29, 0.717) is 6.07 Å². The van der Waals surface area contributed by atoms with Crippen LogP contribution in [0.25, 0.3) is 0 Å². The van der Waals surface area contributed by atoms with E-state index in [4.69, 9.17) is 0 Å². The smallest absolute Gasteiger partial charge is 0.234 e. The van der Waals surface area contributed by atoms with Crippen LogP contribution in [0.2, 0.25) is 0 Å². The molecule has 2 aromatic rings. The van der Waals surface area contributed by atoms with Crippen molar-refractivity contribution in [2.45, 2.75) is 16.0 Å². The zero-order valence-corrected chi connectivity index (χ0v) is 14.0. The zero-order chi connectivity index (χ0) is 15.8. The van der Waals surface area contributed by atoms with Crippen molar-refractivity contribution in [2.24, 2.45) is 0 Å². The number of hydrogen-bond acceptors (Lipinski definition) is 3. The van der Waals surface area contributed by atoms with E-state index in [-0.39, 0.29) is 14.1 Å². The maximum Gasteiger partial charge on any atom is 0.416 e. The van der Waals surface area contributed by atoms with E-state index in [1.807, 2.05) is 0 Å². The van der Waals surface area contributed by atoms with Crippen molar-refractivity contribution >= 4 is 41.7 Å². The van der Waals surface area contributed by atoms with Crippen molar-refractivity contribution < 1.29 is 21.6 Å². The highest BCUT2D eigenvalue weighted by molar-refractivity contribution is 9.11. The standard InChI is InChI=1S/C12H6Br2F3NO2S/c13-10-5-9(6-11(14)18-10)21(19,20)8-3-1-2-7(4-8)12(15,16)17/h1-6H. The maximum atomic E-state index is 12.7. The lowest BCUT2D eigenvalue weighted by molar-refractivity contribution is -0.137. The summed E-state index contributed by atoms with van der Waals surface area (Å²) in [5.74, 6) is 0. The van der Waals surface area contributed by atoms with Crippen molar-refractivity contribution in [2.75, 3.05) is 0 Å². The Morgan fingerprint density at radius 1 is 0.952 bits per heavy atom. The predicted octanol–water partition coefficient (Wildman–Crippen LogP) is 4.46. The van der Waals surface area contributed by atoms with Crippen LogP contribution in [0.1, 0.15) is 5.56 Å². The summed E-state index contributed by atoms with van der Waals surface area (Å²) in [7, 11) is -4.07. The number of rotatable bonds is 2. The Hall–Kier alpha value is -0.930. The number of pyridine rings is 1. The van der Waals surface area contributed by atoms with Gasteiger partial charge in [0.1, 0.15) is 9.21 Å². The summed E-state index contributed by atoms with van der Waals surface area (Å²) in [6.07, 6.45) is -4.61. The second-order valence-corrected chi connectivity index (χ2v) is 7.55. The maximum absolute atomic E-state index is 12.7. The molecule has 0 bridgehead atoms. The largest absolute Gasteiger partial charge is 0.416 e. The molecular formula is C12H6Br2F3NO2S. The normalized spacial score (nSPS) is 12.4. The lowest BCUT2D eigenvalue weighted by Gasteiger charge is -2.10. The molecule has 0 aliphatic rings. The zero-order valence-electron chi connectivity index (χ0n) is 10.0. The number of alkyl halides is 3. The summed E-state index contributed by atoms with van der Waals surface area (Å²) in [6.45, 7) is 0. The first-order chi connectivity index (χ1) is 9.60. The predicted molar refractivity (Wildman–Crippen MR) is 76.5 cm³/mol. The van der Waals surface area contributed by atoms with Crippen LogP contribution in [0.5, 0.6) is 0 Å². The molecule has 3 nitrogen and oxygen atoms in total. The van der Waals surface area contributed by atoms with Gasteiger partial charge in [-0.25, -0.2) is 13.4 Å². The van der Waals surface area contributed by atoms with Gasteiger partial charge in [-0.2, -0.15) is 13.2 Å². The Balaban J connectivity index is 2.59. The lowest BCUT2D eigenvalue weighted by atomic mass is 10.2. The van der Waals surface area contributed by atoms with Gasteiger partial charge in [0.2, 0.25) is 9.84 Å².